The fraction of sp³-hybridized carbons (Fsp3) is 0.200. The van der Waals surface area contributed by atoms with Crippen LogP contribution in [0.3, 0.4) is 0 Å². The van der Waals surface area contributed by atoms with E-state index in [4.69, 9.17) is 9.52 Å². The van der Waals surface area contributed by atoms with Crippen LogP contribution in [0.4, 0.5) is 0 Å². The van der Waals surface area contributed by atoms with Crippen molar-refractivity contribution in [3.8, 4) is 11.5 Å². The molecule has 0 unspecified atom stereocenters. The highest BCUT2D eigenvalue weighted by Gasteiger charge is 2.18. The van der Waals surface area contributed by atoms with Gasteiger partial charge in [0.2, 0.25) is 5.89 Å². The first-order chi connectivity index (χ1) is 9.58. The summed E-state index contributed by atoms with van der Waals surface area (Å²) in [6.45, 7) is 2.00. The second-order valence-corrected chi connectivity index (χ2v) is 4.75. The zero-order chi connectivity index (χ0) is 14.3. The maximum absolute atomic E-state index is 10.7. The Balaban J connectivity index is 2.17. The van der Waals surface area contributed by atoms with Crippen molar-refractivity contribution in [1.29, 1.82) is 0 Å². The lowest BCUT2D eigenvalue weighted by Gasteiger charge is -1.98. The molecule has 0 atom stereocenters. The van der Waals surface area contributed by atoms with Crippen LogP contribution in [-0.4, -0.2) is 20.6 Å². The molecule has 5 heteroatoms. The van der Waals surface area contributed by atoms with Gasteiger partial charge in [0.1, 0.15) is 6.26 Å². The van der Waals surface area contributed by atoms with E-state index in [-0.39, 0.29) is 6.42 Å². The topological polar surface area (TPSA) is 68.3 Å². The third-order valence-electron chi connectivity index (χ3n) is 3.50. The van der Waals surface area contributed by atoms with Crippen LogP contribution < -0.4 is 0 Å². The number of carboxylic acids is 1. The van der Waals surface area contributed by atoms with Gasteiger partial charge in [0.25, 0.3) is 0 Å². The van der Waals surface area contributed by atoms with Gasteiger partial charge in [0, 0.05) is 23.6 Å². The molecular formula is C15H14N2O3. The predicted octanol–water partition coefficient (Wildman–Crippen LogP) is 2.77. The van der Waals surface area contributed by atoms with Gasteiger partial charge in [-0.3, -0.25) is 4.79 Å². The Morgan fingerprint density at radius 2 is 2.15 bits per heavy atom. The Labute approximate surface area is 115 Å². The molecule has 0 bridgehead atoms. The number of aliphatic carboxylic acids is 1. The first-order valence-electron chi connectivity index (χ1n) is 6.28. The highest BCUT2D eigenvalue weighted by atomic mass is 16.4. The van der Waals surface area contributed by atoms with Gasteiger partial charge < -0.3 is 14.1 Å². The molecule has 0 amide bonds. The number of hydrogen-bond donors (Lipinski definition) is 1. The minimum absolute atomic E-state index is 0.132. The lowest BCUT2D eigenvalue weighted by atomic mass is 10.1. The molecule has 0 spiro atoms. The van der Waals surface area contributed by atoms with Crippen LogP contribution in [-0.2, 0) is 18.3 Å². The number of nitrogens with zero attached hydrogens (tertiary/aromatic N) is 2. The quantitative estimate of drug-likeness (QED) is 0.794. The second-order valence-electron chi connectivity index (χ2n) is 4.75. The lowest BCUT2D eigenvalue weighted by Crippen LogP contribution is -1.99. The van der Waals surface area contributed by atoms with Gasteiger partial charge in [-0.15, -0.1) is 0 Å². The zero-order valence-electron chi connectivity index (χ0n) is 11.3. The van der Waals surface area contributed by atoms with Crippen molar-refractivity contribution < 1.29 is 14.3 Å². The molecule has 0 saturated heterocycles. The first kappa shape index (κ1) is 12.5. The SMILES string of the molecule is Cc1c(-c2nc(CC(=O)O)co2)c2ccccc2n1C. The number of para-hydroxylation sites is 1. The second kappa shape index (κ2) is 4.52. The van der Waals surface area contributed by atoms with E-state index >= 15 is 0 Å². The first-order valence-corrected chi connectivity index (χ1v) is 6.28. The molecule has 3 aromatic rings. The Hall–Kier alpha value is -2.56. The van der Waals surface area contributed by atoms with Crippen molar-refractivity contribution in [2.24, 2.45) is 7.05 Å². The minimum Gasteiger partial charge on any atom is -0.481 e. The van der Waals surface area contributed by atoms with Crippen LogP contribution >= 0.6 is 0 Å². The number of benzene rings is 1. The summed E-state index contributed by atoms with van der Waals surface area (Å²) in [7, 11) is 1.99. The summed E-state index contributed by atoms with van der Waals surface area (Å²) in [5.74, 6) is -0.449. The average molecular weight is 270 g/mol. The molecule has 0 radical (unpaired) electrons. The average Bonchev–Trinajstić information content (AvgIpc) is 2.94. The number of aromatic nitrogens is 2. The largest absolute Gasteiger partial charge is 0.481 e. The van der Waals surface area contributed by atoms with E-state index in [1.807, 2.05) is 38.2 Å². The molecule has 1 N–H and O–H groups in total. The summed E-state index contributed by atoms with van der Waals surface area (Å²) in [6, 6.07) is 8.00. The fourth-order valence-corrected chi connectivity index (χ4v) is 2.45. The Morgan fingerprint density at radius 3 is 2.90 bits per heavy atom. The summed E-state index contributed by atoms with van der Waals surface area (Å²) < 4.78 is 7.54. The highest BCUT2D eigenvalue weighted by Crippen LogP contribution is 2.33. The van der Waals surface area contributed by atoms with Gasteiger partial charge in [-0.05, 0) is 13.0 Å². The van der Waals surface area contributed by atoms with E-state index in [1.165, 1.54) is 6.26 Å². The summed E-state index contributed by atoms with van der Waals surface area (Å²) in [5, 5.41) is 9.84. The van der Waals surface area contributed by atoms with Crippen molar-refractivity contribution in [2.45, 2.75) is 13.3 Å². The van der Waals surface area contributed by atoms with Crippen LogP contribution in [0.25, 0.3) is 22.4 Å². The Bertz CT molecular complexity index is 799. The van der Waals surface area contributed by atoms with E-state index in [2.05, 4.69) is 9.55 Å². The molecule has 3 rings (SSSR count). The number of rotatable bonds is 3. The molecule has 1 aromatic carbocycles. The van der Waals surface area contributed by atoms with E-state index < -0.39 is 5.97 Å². The molecule has 0 aliphatic carbocycles. The van der Waals surface area contributed by atoms with Crippen molar-refractivity contribution in [1.82, 2.24) is 9.55 Å². The Kier molecular flexibility index (Phi) is 2.82. The van der Waals surface area contributed by atoms with Crippen LogP contribution in [0, 0.1) is 6.92 Å². The van der Waals surface area contributed by atoms with E-state index in [0.717, 1.165) is 22.2 Å². The smallest absolute Gasteiger partial charge is 0.309 e. The van der Waals surface area contributed by atoms with Gasteiger partial charge in [-0.25, -0.2) is 4.98 Å². The van der Waals surface area contributed by atoms with Crippen molar-refractivity contribution in [2.75, 3.05) is 0 Å². The maximum atomic E-state index is 10.7. The Morgan fingerprint density at radius 1 is 1.40 bits per heavy atom. The highest BCUT2D eigenvalue weighted by molar-refractivity contribution is 5.96. The molecular weight excluding hydrogens is 256 g/mol. The summed E-state index contributed by atoms with van der Waals surface area (Å²) in [4.78, 5) is 15.0. The normalized spacial score (nSPS) is 11.1. The lowest BCUT2D eigenvalue weighted by molar-refractivity contribution is -0.136. The number of carboxylic acid groups (broad SMARTS) is 1. The number of aryl methyl sites for hydroxylation is 1. The molecule has 2 aromatic heterocycles. The molecule has 0 aliphatic heterocycles. The van der Waals surface area contributed by atoms with Gasteiger partial charge >= 0.3 is 5.97 Å². The third-order valence-corrected chi connectivity index (χ3v) is 3.50. The van der Waals surface area contributed by atoms with Crippen molar-refractivity contribution in [3.05, 3.63) is 41.9 Å². The summed E-state index contributed by atoms with van der Waals surface area (Å²) in [6.07, 6.45) is 1.28. The molecule has 0 fully saturated rings. The van der Waals surface area contributed by atoms with E-state index in [1.54, 1.807) is 0 Å². The van der Waals surface area contributed by atoms with Gasteiger partial charge in [-0.2, -0.15) is 0 Å². The van der Waals surface area contributed by atoms with Gasteiger partial charge in [0.05, 0.1) is 17.7 Å². The molecule has 102 valence electrons. The van der Waals surface area contributed by atoms with Crippen molar-refractivity contribution >= 4 is 16.9 Å². The molecule has 0 aliphatic rings. The van der Waals surface area contributed by atoms with Crippen molar-refractivity contribution in [3.63, 3.8) is 0 Å². The standard InChI is InChI=1S/C15H14N2O3/c1-9-14(11-5-3-4-6-12(11)17(9)2)15-16-10(8-20-15)7-13(18)19/h3-6,8H,7H2,1-2H3,(H,18,19). The molecule has 2 heterocycles. The van der Waals surface area contributed by atoms with Crippen LogP contribution in [0.1, 0.15) is 11.4 Å². The fourth-order valence-electron chi connectivity index (χ4n) is 2.45. The summed E-state index contributed by atoms with van der Waals surface area (Å²) >= 11 is 0. The van der Waals surface area contributed by atoms with Crippen LogP contribution in [0.15, 0.2) is 34.9 Å². The molecule has 20 heavy (non-hydrogen) atoms. The summed E-state index contributed by atoms with van der Waals surface area (Å²) in [5.41, 5.74) is 3.48. The predicted molar refractivity (Wildman–Crippen MR) is 74.5 cm³/mol. The zero-order valence-corrected chi connectivity index (χ0v) is 11.3. The van der Waals surface area contributed by atoms with Gasteiger partial charge in [-0.1, -0.05) is 18.2 Å². The van der Waals surface area contributed by atoms with Crippen LogP contribution in [0.2, 0.25) is 0 Å². The monoisotopic (exact) mass is 270 g/mol. The number of carbonyl (C=O) groups is 1. The third kappa shape index (κ3) is 1.87. The van der Waals surface area contributed by atoms with Crippen LogP contribution in [0.5, 0.6) is 0 Å². The number of fused-ring (bicyclic) bond motifs is 1. The molecule has 0 saturated carbocycles. The van der Waals surface area contributed by atoms with E-state index in [0.29, 0.717) is 11.6 Å². The number of oxazole rings is 1. The minimum atomic E-state index is -0.917. The van der Waals surface area contributed by atoms with Gasteiger partial charge in [0.15, 0.2) is 0 Å². The number of hydrogen-bond acceptors (Lipinski definition) is 3. The van der Waals surface area contributed by atoms with E-state index in [9.17, 15) is 4.79 Å². The maximum Gasteiger partial charge on any atom is 0.309 e. The molecule has 5 nitrogen and oxygen atoms in total.